The highest BCUT2D eigenvalue weighted by Gasteiger charge is 2.37. The summed E-state index contributed by atoms with van der Waals surface area (Å²) in [7, 11) is 0. The fraction of sp³-hybridized carbons (Fsp3) is 0.714. The van der Waals surface area contributed by atoms with Crippen LogP contribution >= 0.6 is 0 Å². The lowest BCUT2D eigenvalue weighted by molar-refractivity contribution is -0.146. The lowest BCUT2D eigenvalue weighted by Gasteiger charge is -2.15. The van der Waals surface area contributed by atoms with Crippen molar-refractivity contribution in [2.45, 2.75) is 44.9 Å². The van der Waals surface area contributed by atoms with E-state index in [2.05, 4.69) is 11.4 Å². The molecular weight excluding hydrogens is 230 g/mol. The van der Waals surface area contributed by atoms with Crippen LogP contribution in [0, 0.1) is 11.8 Å². The van der Waals surface area contributed by atoms with E-state index in [1.54, 1.807) is 0 Å². The first-order chi connectivity index (χ1) is 8.68. The summed E-state index contributed by atoms with van der Waals surface area (Å²) in [5.41, 5.74) is 1.43. The fourth-order valence-electron chi connectivity index (χ4n) is 3.01. The van der Waals surface area contributed by atoms with E-state index in [9.17, 15) is 9.59 Å². The molecule has 2 atom stereocenters. The molecule has 0 spiro atoms. The van der Waals surface area contributed by atoms with E-state index in [0.717, 1.165) is 25.7 Å². The van der Waals surface area contributed by atoms with Gasteiger partial charge < -0.3 is 10.4 Å². The number of allylic oxidation sites excluding steroid dienone is 1. The van der Waals surface area contributed by atoms with Gasteiger partial charge in [-0.25, -0.2) is 0 Å². The maximum absolute atomic E-state index is 11.9. The molecule has 0 aromatic heterocycles. The topological polar surface area (TPSA) is 66.4 Å². The number of nitrogens with one attached hydrogen (secondary N) is 1. The Balaban J connectivity index is 1.75. The van der Waals surface area contributed by atoms with E-state index in [1.165, 1.54) is 12.0 Å². The Hall–Kier alpha value is -1.32. The number of aliphatic carboxylic acids is 1. The van der Waals surface area contributed by atoms with Gasteiger partial charge >= 0.3 is 5.97 Å². The monoisotopic (exact) mass is 251 g/mol. The second kappa shape index (κ2) is 6.03. The van der Waals surface area contributed by atoms with Gasteiger partial charge in [0, 0.05) is 6.54 Å². The molecule has 4 nitrogen and oxygen atoms in total. The molecule has 0 aromatic rings. The van der Waals surface area contributed by atoms with Crippen molar-refractivity contribution in [3.63, 3.8) is 0 Å². The molecule has 0 bridgehead atoms. The van der Waals surface area contributed by atoms with Crippen molar-refractivity contribution in [2.24, 2.45) is 11.8 Å². The quantitative estimate of drug-likeness (QED) is 0.735. The highest BCUT2D eigenvalue weighted by Crippen LogP contribution is 2.32. The summed E-state index contributed by atoms with van der Waals surface area (Å²) < 4.78 is 0. The first-order valence-corrected chi connectivity index (χ1v) is 6.87. The Morgan fingerprint density at radius 2 is 2.06 bits per heavy atom. The molecule has 0 saturated heterocycles. The van der Waals surface area contributed by atoms with Crippen molar-refractivity contribution in [2.75, 3.05) is 6.54 Å². The third-order valence-corrected chi connectivity index (χ3v) is 4.05. The van der Waals surface area contributed by atoms with Gasteiger partial charge in [0.15, 0.2) is 0 Å². The minimum atomic E-state index is -0.828. The average Bonchev–Trinajstić information content (AvgIpc) is 2.99. The molecule has 0 radical (unpaired) electrons. The molecule has 0 heterocycles. The lowest BCUT2D eigenvalue weighted by Crippen LogP contribution is -2.35. The summed E-state index contributed by atoms with van der Waals surface area (Å²) in [4.78, 5) is 23.0. The van der Waals surface area contributed by atoms with Crippen LogP contribution in [0.2, 0.25) is 0 Å². The second-order valence-corrected chi connectivity index (χ2v) is 5.28. The normalized spacial score (nSPS) is 27.0. The minimum absolute atomic E-state index is 0.0708. The van der Waals surface area contributed by atoms with Crippen LogP contribution in [0.4, 0.5) is 0 Å². The van der Waals surface area contributed by atoms with Crippen molar-refractivity contribution in [1.82, 2.24) is 5.32 Å². The van der Waals surface area contributed by atoms with Gasteiger partial charge in [-0.15, -0.1) is 0 Å². The number of carbonyl (C=O) groups is 2. The molecule has 2 rings (SSSR count). The second-order valence-electron chi connectivity index (χ2n) is 5.28. The number of rotatable bonds is 5. The molecule has 1 saturated carbocycles. The van der Waals surface area contributed by atoms with Gasteiger partial charge in [-0.3, -0.25) is 9.59 Å². The Kier molecular flexibility index (Phi) is 4.39. The van der Waals surface area contributed by atoms with Gasteiger partial charge in [-0.05, 0) is 38.5 Å². The van der Waals surface area contributed by atoms with Gasteiger partial charge in [0.1, 0.15) is 0 Å². The zero-order valence-corrected chi connectivity index (χ0v) is 10.7. The Morgan fingerprint density at radius 1 is 1.28 bits per heavy atom. The molecule has 2 aliphatic rings. The van der Waals surface area contributed by atoms with Crippen LogP contribution in [0.25, 0.3) is 0 Å². The zero-order valence-electron chi connectivity index (χ0n) is 10.7. The van der Waals surface area contributed by atoms with Gasteiger partial charge in [0.05, 0.1) is 11.8 Å². The number of carboxylic acids is 1. The van der Waals surface area contributed by atoms with Crippen LogP contribution in [0.1, 0.15) is 44.9 Å². The molecule has 1 fully saturated rings. The van der Waals surface area contributed by atoms with Crippen molar-refractivity contribution in [3.05, 3.63) is 11.6 Å². The minimum Gasteiger partial charge on any atom is -0.481 e. The predicted molar refractivity (Wildman–Crippen MR) is 68.0 cm³/mol. The first kappa shape index (κ1) is 13.1. The summed E-state index contributed by atoms with van der Waals surface area (Å²) in [5, 5.41) is 11.9. The number of amides is 1. The average molecular weight is 251 g/mol. The number of carbonyl (C=O) groups excluding carboxylic acids is 1. The van der Waals surface area contributed by atoms with Crippen molar-refractivity contribution in [3.8, 4) is 0 Å². The van der Waals surface area contributed by atoms with Gasteiger partial charge in [-0.2, -0.15) is 0 Å². The van der Waals surface area contributed by atoms with Crippen LogP contribution in [-0.2, 0) is 9.59 Å². The van der Waals surface area contributed by atoms with Crippen molar-refractivity contribution in [1.29, 1.82) is 0 Å². The zero-order chi connectivity index (χ0) is 13.0. The summed E-state index contributed by atoms with van der Waals surface area (Å²) >= 11 is 0. The number of carboxylic acid groups (broad SMARTS) is 1. The Morgan fingerprint density at radius 3 is 2.72 bits per heavy atom. The maximum Gasteiger partial charge on any atom is 0.307 e. The van der Waals surface area contributed by atoms with Crippen molar-refractivity contribution < 1.29 is 14.7 Å². The van der Waals surface area contributed by atoms with Crippen LogP contribution < -0.4 is 5.32 Å². The van der Waals surface area contributed by atoms with Gasteiger partial charge in [-0.1, -0.05) is 18.1 Å². The van der Waals surface area contributed by atoms with E-state index in [4.69, 9.17) is 5.11 Å². The SMILES string of the molecule is O=C(O)C1CCCC1C(=O)NCCC1=CCCC1. The summed E-state index contributed by atoms with van der Waals surface area (Å²) in [6, 6.07) is 0. The lowest BCUT2D eigenvalue weighted by atomic mass is 9.95. The highest BCUT2D eigenvalue weighted by molar-refractivity contribution is 5.85. The summed E-state index contributed by atoms with van der Waals surface area (Å²) in [6.45, 7) is 0.646. The molecule has 0 aromatic carbocycles. The van der Waals surface area contributed by atoms with Gasteiger partial charge in [0.2, 0.25) is 5.91 Å². The molecule has 100 valence electrons. The molecular formula is C14H21NO3. The molecule has 2 unspecified atom stereocenters. The van der Waals surface area contributed by atoms with Crippen molar-refractivity contribution >= 4 is 11.9 Å². The summed E-state index contributed by atoms with van der Waals surface area (Å²) in [5.74, 6) is -1.69. The Bertz CT molecular complexity index is 362. The van der Waals surface area contributed by atoms with Gasteiger partial charge in [0.25, 0.3) is 0 Å². The van der Waals surface area contributed by atoms with Crippen LogP contribution in [0.5, 0.6) is 0 Å². The van der Waals surface area contributed by atoms with E-state index in [0.29, 0.717) is 19.4 Å². The third kappa shape index (κ3) is 3.12. The summed E-state index contributed by atoms with van der Waals surface area (Å²) in [6.07, 6.45) is 8.90. The number of hydrogen-bond acceptors (Lipinski definition) is 2. The largest absolute Gasteiger partial charge is 0.481 e. The highest BCUT2D eigenvalue weighted by atomic mass is 16.4. The van der Waals surface area contributed by atoms with E-state index in [-0.39, 0.29) is 11.8 Å². The molecule has 4 heteroatoms. The van der Waals surface area contributed by atoms with Crippen LogP contribution in [-0.4, -0.2) is 23.5 Å². The molecule has 0 aliphatic heterocycles. The number of hydrogen-bond donors (Lipinski definition) is 2. The van der Waals surface area contributed by atoms with Crippen LogP contribution in [0.15, 0.2) is 11.6 Å². The van der Waals surface area contributed by atoms with E-state index >= 15 is 0 Å². The van der Waals surface area contributed by atoms with E-state index < -0.39 is 11.9 Å². The third-order valence-electron chi connectivity index (χ3n) is 4.05. The molecule has 18 heavy (non-hydrogen) atoms. The smallest absolute Gasteiger partial charge is 0.307 e. The standard InChI is InChI=1S/C14H21NO3/c16-13(11-6-3-7-12(11)14(17)18)15-9-8-10-4-1-2-5-10/h4,11-12H,1-3,5-9H2,(H,15,16)(H,17,18). The Labute approximate surface area is 107 Å². The molecule has 2 N–H and O–H groups in total. The predicted octanol–water partition coefficient (Wildman–Crippen LogP) is 2.10. The fourth-order valence-corrected chi connectivity index (χ4v) is 3.01. The van der Waals surface area contributed by atoms with Crippen LogP contribution in [0.3, 0.4) is 0 Å². The molecule has 2 aliphatic carbocycles. The van der Waals surface area contributed by atoms with E-state index in [1.807, 2.05) is 0 Å². The first-order valence-electron chi connectivity index (χ1n) is 6.87. The molecule has 1 amide bonds. The maximum atomic E-state index is 11.9.